The van der Waals surface area contributed by atoms with Gasteiger partial charge in [0.1, 0.15) is 5.75 Å². The largest absolute Gasteiger partial charge is 0.497 e. The van der Waals surface area contributed by atoms with Gasteiger partial charge in [0.15, 0.2) is 0 Å². The van der Waals surface area contributed by atoms with Gasteiger partial charge >= 0.3 is 0 Å². The van der Waals surface area contributed by atoms with Crippen LogP contribution in [0.2, 0.25) is 0 Å². The van der Waals surface area contributed by atoms with Crippen molar-refractivity contribution in [1.82, 2.24) is 4.90 Å². The van der Waals surface area contributed by atoms with E-state index in [1.807, 2.05) is 0 Å². The summed E-state index contributed by atoms with van der Waals surface area (Å²) in [5.41, 5.74) is 1.94. The minimum atomic E-state index is 0.416. The first-order valence-electron chi connectivity index (χ1n) is 7.08. The molecule has 0 amide bonds. The van der Waals surface area contributed by atoms with Crippen LogP contribution in [0.1, 0.15) is 31.2 Å². The van der Waals surface area contributed by atoms with Crippen LogP contribution in [0.25, 0.3) is 0 Å². The molecule has 1 aromatic carbocycles. The van der Waals surface area contributed by atoms with Gasteiger partial charge in [-0.3, -0.25) is 0 Å². The molecule has 2 fully saturated rings. The zero-order valence-corrected chi connectivity index (χ0v) is 11.5. The number of nitrogens with zero attached hydrogens (tertiary/aromatic N) is 1. The number of ether oxygens (including phenoxy) is 1. The Morgan fingerprint density at radius 3 is 2.72 bits per heavy atom. The van der Waals surface area contributed by atoms with Crippen molar-refractivity contribution in [2.24, 2.45) is 5.92 Å². The lowest BCUT2D eigenvalue weighted by molar-refractivity contribution is 0.241. The first-order valence-corrected chi connectivity index (χ1v) is 7.08. The summed E-state index contributed by atoms with van der Waals surface area (Å²) in [4.78, 5) is 2.51. The van der Waals surface area contributed by atoms with E-state index in [2.05, 4.69) is 36.2 Å². The Balaban J connectivity index is 1.95. The van der Waals surface area contributed by atoms with Crippen LogP contribution in [0.3, 0.4) is 0 Å². The second-order valence-electron chi connectivity index (χ2n) is 6.02. The summed E-state index contributed by atoms with van der Waals surface area (Å²) >= 11 is 0. The summed E-state index contributed by atoms with van der Waals surface area (Å²) in [5, 5.41) is 0. The van der Waals surface area contributed by atoms with E-state index in [9.17, 15) is 0 Å². The zero-order chi connectivity index (χ0) is 12.6. The van der Waals surface area contributed by atoms with Crippen molar-refractivity contribution in [3.05, 3.63) is 29.8 Å². The molecule has 18 heavy (non-hydrogen) atoms. The first-order chi connectivity index (χ1) is 8.74. The molecule has 3 rings (SSSR count). The highest BCUT2D eigenvalue weighted by atomic mass is 16.5. The molecule has 1 saturated carbocycles. The summed E-state index contributed by atoms with van der Waals surface area (Å²) in [6.07, 6.45) is 5.55. The lowest BCUT2D eigenvalue weighted by Crippen LogP contribution is -2.37. The third kappa shape index (κ3) is 1.83. The minimum absolute atomic E-state index is 0.416. The molecule has 2 atom stereocenters. The Bertz CT molecular complexity index is 414. The Kier molecular flexibility index (Phi) is 3.06. The highest BCUT2D eigenvalue weighted by molar-refractivity contribution is 5.35. The van der Waals surface area contributed by atoms with Gasteiger partial charge < -0.3 is 9.64 Å². The molecular formula is C16H23NO. The molecule has 98 valence electrons. The predicted molar refractivity (Wildman–Crippen MR) is 74.1 cm³/mol. The third-order valence-corrected chi connectivity index (χ3v) is 4.96. The highest BCUT2D eigenvalue weighted by Gasteiger charge is 2.47. The number of hydrogen-bond donors (Lipinski definition) is 0. The topological polar surface area (TPSA) is 12.5 Å². The molecule has 2 aliphatic rings. The Morgan fingerprint density at radius 2 is 2.00 bits per heavy atom. The van der Waals surface area contributed by atoms with Crippen LogP contribution in [0.4, 0.5) is 0 Å². The number of rotatable bonds is 2. The van der Waals surface area contributed by atoms with E-state index < -0.39 is 0 Å². The average molecular weight is 245 g/mol. The van der Waals surface area contributed by atoms with Gasteiger partial charge in [-0.25, -0.2) is 0 Å². The van der Waals surface area contributed by atoms with Gasteiger partial charge in [-0.05, 0) is 43.5 Å². The van der Waals surface area contributed by atoms with Crippen LogP contribution in [-0.2, 0) is 5.41 Å². The maximum Gasteiger partial charge on any atom is 0.118 e. The molecule has 0 radical (unpaired) electrons. The Hall–Kier alpha value is -1.02. The van der Waals surface area contributed by atoms with Crippen molar-refractivity contribution in [2.75, 3.05) is 27.2 Å². The number of methoxy groups -OCH3 is 1. The molecule has 1 aliphatic heterocycles. The maximum atomic E-state index is 5.28. The SMILES string of the molecule is COc1ccc([C@]23CCCC[C@H]2CN(C)C3)cc1. The second-order valence-corrected chi connectivity index (χ2v) is 6.02. The number of hydrogen-bond acceptors (Lipinski definition) is 2. The molecule has 1 saturated heterocycles. The smallest absolute Gasteiger partial charge is 0.118 e. The van der Waals surface area contributed by atoms with Gasteiger partial charge in [0, 0.05) is 18.5 Å². The maximum absolute atomic E-state index is 5.28. The summed E-state index contributed by atoms with van der Waals surface area (Å²) in [5.74, 6) is 1.82. The van der Waals surface area contributed by atoms with Crippen LogP contribution in [0, 0.1) is 5.92 Å². The quantitative estimate of drug-likeness (QED) is 0.794. The number of fused-ring (bicyclic) bond motifs is 1. The van der Waals surface area contributed by atoms with Gasteiger partial charge in [-0.2, -0.15) is 0 Å². The standard InChI is InChI=1S/C16H23NO/c1-17-11-14-5-3-4-10-16(14,12-17)13-6-8-15(18-2)9-7-13/h6-9,14H,3-5,10-12H2,1-2H3/t14-,16+/m0/s1. The van der Waals surface area contributed by atoms with E-state index in [4.69, 9.17) is 4.74 Å². The van der Waals surface area contributed by atoms with Gasteiger partial charge in [0.25, 0.3) is 0 Å². The highest BCUT2D eigenvalue weighted by Crippen LogP contribution is 2.48. The minimum Gasteiger partial charge on any atom is -0.497 e. The summed E-state index contributed by atoms with van der Waals surface area (Å²) in [6, 6.07) is 8.81. The molecule has 0 aromatic heterocycles. The average Bonchev–Trinajstić information content (AvgIpc) is 2.76. The van der Waals surface area contributed by atoms with Crippen molar-refractivity contribution in [3.63, 3.8) is 0 Å². The van der Waals surface area contributed by atoms with Crippen LogP contribution < -0.4 is 4.74 Å². The first kappa shape index (κ1) is 12.0. The normalized spacial score (nSPS) is 32.2. The summed E-state index contributed by atoms with van der Waals surface area (Å²) in [7, 11) is 4.00. The molecule has 1 aromatic rings. The van der Waals surface area contributed by atoms with Crippen LogP contribution in [-0.4, -0.2) is 32.1 Å². The molecular weight excluding hydrogens is 222 g/mol. The van der Waals surface area contributed by atoms with E-state index in [0.29, 0.717) is 5.41 Å². The van der Waals surface area contributed by atoms with Crippen molar-refractivity contribution in [2.45, 2.75) is 31.1 Å². The summed E-state index contributed by atoms with van der Waals surface area (Å²) in [6.45, 7) is 2.50. The number of likely N-dealkylation sites (tertiary alicyclic amines) is 1. The van der Waals surface area contributed by atoms with Gasteiger partial charge in [-0.1, -0.05) is 25.0 Å². The third-order valence-electron chi connectivity index (χ3n) is 4.96. The predicted octanol–water partition coefficient (Wildman–Crippen LogP) is 3.07. The monoisotopic (exact) mass is 245 g/mol. The van der Waals surface area contributed by atoms with E-state index in [0.717, 1.165) is 11.7 Å². The lowest BCUT2D eigenvalue weighted by atomic mass is 9.64. The van der Waals surface area contributed by atoms with Crippen LogP contribution in [0.15, 0.2) is 24.3 Å². The molecule has 0 unspecified atom stereocenters. The Morgan fingerprint density at radius 1 is 1.22 bits per heavy atom. The molecule has 0 spiro atoms. The fourth-order valence-electron chi connectivity index (χ4n) is 4.10. The van der Waals surface area contributed by atoms with Gasteiger partial charge in [0.2, 0.25) is 0 Å². The van der Waals surface area contributed by atoms with Crippen molar-refractivity contribution in [3.8, 4) is 5.75 Å². The fourth-order valence-corrected chi connectivity index (χ4v) is 4.10. The molecule has 2 heteroatoms. The van der Waals surface area contributed by atoms with E-state index >= 15 is 0 Å². The van der Waals surface area contributed by atoms with Gasteiger partial charge in [0.05, 0.1) is 7.11 Å². The van der Waals surface area contributed by atoms with Crippen molar-refractivity contribution >= 4 is 0 Å². The van der Waals surface area contributed by atoms with E-state index in [1.54, 1.807) is 7.11 Å². The molecule has 0 N–H and O–H groups in total. The Labute approximate surface area is 110 Å². The lowest BCUT2D eigenvalue weighted by Gasteiger charge is -2.39. The van der Waals surface area contributed by atoms with Crippen molar-refractivity contribution < 1.29 is 4.74 Å². The van der Waals surface area contributed by atoms with Crippen LogP contribution >= 0.6 is 0 Å². The number of benzene rings is 1. The summed E-state index contributed by atoms with van der Waals surface area (Å²) < 4.78 is 5.28. The van der Waals surface area contributed by atoms with Crippen molar-refractivity contribution in [1.29, 1.82) is 0 Å². The second kappa shape index (κ2) is 4.58. The number of likely N-dealkylation sites (N-methyl/N-ethyl adjacent to an activating group) is 1. The van der Waals surface area contributed by atoms with E-state index in [1.165, 1.54) is 44.3 Å². The van der Waals surface area contributed by atoms with Crippen LogP contribution in [0.5, 0.6) is 5.75 Å². The molecule has 2 nitrogen and oxygen atoms in total. The molecule has 1 heterocycles. The fraction of sp³-hybridized carbons (Fsp3) is 0.625. The van der Waals surface area contributed by atoms with E-state index in [-0.39, 0.29) is 0 Å². The zero-order valence-electron chi connectivity index (χ0n) is 11.5. The van der Waals surface area contributed by atoms with Gasteiger partial charge in [-0.15, -0.1) is 0 Å². The molecule has 1 aliphatic carbocycles. The molecule has 0 bridgehead atoms.